The van der Waals surface area contributed by atoms with Crippen LogP contribution in [-0.4, -0.2) is 20.1 Å². The molecule has 0 aliphatic rings. The second-order valence-corrected chi connectivity index (χ2v) is 6.07. The molecule has 27 heavy (non-hydrogen) atoms. The second-order valence-electron chi connectivity index (χ2n) is 5.63. The molecule has 2 rings (SSSR count). The highest BCUT2D eigenvalue weighted by atomic mass is 35.5. The first-order valence-electron chi connectivity index (χ1n) is 8.13. The van der Waals surface area contributed by atoms with Crippen LogP contribution in [0.1, 0.15) is 18.5 Å². The van der Waals surface area contributed by atoms with Gasteiger partial charge in [-0.1, -0.05) is 23.7 Å². The Bertz CT molecular complexity index is 873. The monoisotopic (exact) mass is 385 g/mol. The SMILES string of the molecule is COc1ccc(C(C)N/C=C(/C#N)C(=O)Nc2cc(Cl)ccc2OC)cc1. The van der Waals surface area contributed by atoms with Crippen molar-refractivity contribution in [2.24, 2.45) is 0 Å². The van der Waals surface area contributed by atoms with Crippen LogP contribution in [0.25, 0.3) is 0 Å². The number of ether oxygens (including phenoxy) is 2. The van der Waals surface area contributed by atoms with Crippen LogP contribution in [0.3, 0.4) is 0 Å². The van der Waals surface area contributed by atoms with Crippen LogP contribution in [0.15, 0.2) is 54.2 Å². The zero-order chi connectivity index (χ0) is 19.8. The molecule has 0 radical (unpaired) electrons. The first kappa shape index (κ1) is 20.1. The summed E-state index contributed by atoms with van der Waals surface area (Å²) in [6.07, 6.45) is 1.39. The minimum Gasteiger partial charge on any atom is -0.497 e. The lowest BCUT2D eigenvalue weighted by Gasteiger charge is -2.14. The fourth-order valence-electron chi connectivity index (χ4n) is 2.31. The average molecular weight is 386 g/mol. The van der Waals surface area contributed by atoms with Crippen LogP contribution in [0, 0.1) is 11.3 Å². The van der Waals surface area contributed by atoms with Gasteiger partial charge >= 0.3 is 0 Å². The summed E-state index contributed by atoms with van der Waals surface area (Å²) in [6.45, 7) is 1.92. The molecule has 0 bridgehead atoms. The third kappa shape index (κ3) is 5.40. The summed E-state index contributed by atoms with van der Waals surface area (Å²) < 4.78 is 10.3. The summed E-state index contributed by atoms with van der Waals surface area (Å²) >= 11 is 5.96. The summed E-state index contributed by atoms with van der Waals surface area (Å²) in [4.78, 5) is 12.4. The Kier molecular flexibility index (Phi) is 7.09. The number of nitriles is 1. The Hall–Kier alpha value is -3.17. The standard InChI is InChI=1S/C20H20ClN3O3/c1-13(14-4-7-17(26-2)8-5-14)23-12-15(11-22)20(25)24-18-10-16(21)6-9-19(18)27-3/h4-10,12-13,23H,1-3H3,(H,24,25)/b15-12-. The van der Waals surface area contributed by atoms with E-state index in [0.29, 0.717) is 16.5 Å². The van der Waals surface area contributed by atoms with Gasteiger partial charge in [0.15, 0.2) is 0 Å². The third-order valence-corrected chi connectivity index (χ3v) is 4.10. The molecule has 0 aromatic heterocycles. The first-order chi connectivity index (χ1) is 13.0. The molecule has 0 aliphatic carbocycles. The molecule has 0 spiro atoms. The predicted octanol–water partition coefficient (Wildman–Crippen LogP) is 4.05. The number of rotatable bonds is 7. The number of hydrogen-bond acceptors (Lipinski definition) is 5. The molecular formula is C20H20ClN3O3. The van der Waals surface area contributed by atoms with Crippen molar-refractivity contribution in [1.82, 2.24) is 5.32 Å². The fourth-order valence-corrected chi connectivity index (χ4v) is 2.49. The maximum atomic E-state index is 12.4. The topological polar surface area (TPSA) is 83.4 Å². The van der Waals surface area contributed by atoms with E-state index < -0.39 is 5.91 Å². The molecule has 1 unspecified atom stereocenters. The maximum Gasteiger partial charge on any atom is 0.267 e. The quantitative estimate of drug-likeness (QED) is 0.554. The second kappa shape index (κ2) is 9.51. The van der Waals surface area contributed by atoms with Gasteiger partial charge in [-0.05, 0) is 42.8 Å². The van der Waals surface area contributed by atoms with Gasteiger partial charge in [-0.2, -0.15) is 5.26 Å². The zero-order valence-electron chi connectivity index (χ0n) is 15.2. The Morgan fingerprint density at radius 1 is 1.19 bits per heavy atom. The number of anilines is 1. The van der Waals surface area contributed by atoms with Gasteiger partial charge in [0.1, 0.15) is 23.1 Å². The molecule has 0 saturated heterocycles. The van der Waals surface area contributed by atoms with Crippen molar-refractivity contribution in [3.8, 4) is 17.6 Å². The number of carbonyl (C=O) groups is 1. The number of halogens is 1. The smallest absolute Gasteiger partial charge is 0.267 e. The van der Waals surface area contributed by atoms with Crippen molar-refractivity contribution in [3.05, 3.63) is 64.8 Å². The molecule has 0 aliphatic heterocycles. The van der Waals surface area contributed by atoms with E-state index in [2.05, 4.69) is 10.6 Å². The van der Waals surface area contributed by atoms with Crippen LogP contribution in [0.5, 0.6) is 11.5 Å². The minimum absolute atomic E-state index is 0.0719. The van der Waals surface area contributed by atoms with Crippen molar-refractivity contribution in [1.29, 1.82) is 5.26 Å². The molecule has 7 heteroatoms. The summed E-state index contributed by atoms with van der Waals surface area (Å²) in [5.74, 6) is 0.645. The first-order valence-corrected chi connectivity index (χ1v) is 8.51. The molecule has 0 heterocycles. The lowest BCUT2D eigenvalue weighted by Crippen LogP contribution is -2.18. The number of carbonyl (C=O) groups excluding carboxylic acids is 1. The zero-order valence-corrected chi connectivity index (χ0v) is 16.0. The van der Waals surface area contributed by atoms with Crippen molar-refractivity contribution >= 4 is 23.2 Å². The number of hydrogen-bond donors (Lipinski definition) is 2. The van der Waals surface area contributed by atoms with Gasteiger partial charge in [0.25, 0.3) is 5.91 Å². The van der Waals surface area contributed by atoms with E-state index in [-0.39, 0.29) is 11.6 Å². The number of amides is 1. The highest BCUT2D eigenvalue weighted by Crippen LogP contribution is 2.28. The van der Waals surface area contributed by atoms with Crippen LogP contribution < -0.4 is 20.1 Å². The van der Waals surface area contributed by atoms with Crippen LogP contribution in [0.4, 0.5) is 5.69 Å². The maximum absolute atomic E-state index is 12.4. The van der Waals surface area contributed by atoms with Crippen LogP contribution >= 0.6 is 11.6 Å². The molecule has 1 amide bonds. The van der Waals surface area contributed by atoms with E-state index >= 15 is 0 Å². The molecule has 2 N–H and O–H groups in total. The molecule has 140 valence electrons. The number of nitrogens with one attached hydrogen (secondary N) is 2. The molecule has 2 aromatic rings. The average Bonchev–Trinajstić information content (AvgIpc) is 2.68. The van der Waals surface area contributed by atoms with Gasteiger partial charge in [0.05, 0.1) is 19.9 Å². The lowest BCUT2D eigenvalue weighted by atomic mass is 10.1. The molecule has 2 aromatic carbocycles. The van der Waals surface area contributed by atoms with Crippen molar-refractivity contribution in [3.63, 3.8) is 0 Å². The summed E-state index contributed by atoms with van der Waals surface area (Å²) in [5.41, 5.74) is 1.30. The fraction of sp³-hybridized carbons (Fsp3) is 0.200. The van der Waals surface area contributed by atoms with E-state index in [0.717, 1.165) is 11.3 Å². The lowest BCUT2D eigenvalue weighted by molar-refractivity contribution is -0.112. The van der Waals surface area contributed by atoms with Gasteiger partial charge in [-0.15, -0.1) is 0 Å². The van der Waals surface area contributed by atoms with E-state index in [1.807, 2.05) is 37.3 Å². The van der Waals surface area contributed by atoms with E-state index in [1.54, 1.807) is 25.3 Å². The molecule has 1 atom stereocenters. The third-order valence-electron chi connectivity index (χ3n) is 3.87. The van der Waals surface area contributed by atoms with Crippen molar-refractivity contribution < 1.29 is 14.3 Å². The van der Waals surface area contributed by atoms with E-state index in [9.17, 15) is 10.1 Å². The van der Waals surface area contributed by atoms with E-state index in [1.165, 1.54) is 13.3 Å². The molecule has 0 saturated carbocycles. The molecule has 6 nitrogen and oxygen atoms in total. The number of benzene rings is 2. The highest BCUT2D eigenvalue weighted by molar-refractivity contribution is 6.31. The summed E-state index contributed by atoms with van der Waals surface area (Å²) in [5, 5.41) is 15.4. The van der Waals surface area contributed by atoms with Gasteiger partial charge in [0.2, 0.25) is 0 Å². The van der Waals surface area contributed by atoms with Crippen molar-refractivity contribution in [2.75, 3.05) is 19.5 Å². The minimum atomic E-state index is -0.563. The Morgan fingerprint density at radius 3 is 2.48 bits per heavy atom. The molecule has 0 fully saturated rings. The van der Waals surface area contributed by atoms with Gasteiger partial charge in [-0.25, -0.2) is 0 Å². The number of methoxy groups -OCH3 is 2. The van der Waals surface area contributed by atoms with E-state index in [4.69, 9.17) is 21.1 Å². The van der Waals surface area contributed by atoms with Gasteiger partial charge < -0.3 is 20.1 Å². The predicted molar refractivity (Wildman–Crippen MR) is 105 cm³/mol. The Morgan fingerprint density at radius 2 is 1.89 bits per heavy atom. The Labute approximate surface area is 163 Å². The Balaban J connectivity index is 2.09. The van der Waals surface area contributed by atoms with Gasteiger partial charge in [0, 0.05) is 17.3 Å². The van der Waals surface area contributed by atoms with Crippen LogP contribution in [-0.2, 0) is 4.79 Å². The van der Waals surface area contributed by atoms with Crippen LogP contribution in [0.2, 0.25) is 5.02 Å². The largest absolute Gasteiger partial charge is 0.497 e. The summed E-state index contributed by atoms with van der Waals surface area (Å²) in [7, 11) is 3.09. The normalized spacial score (nSPS) is 11.9. The highest BCUT2D eigenvalue weighted by Gasteiger charge is 2.13. The summed E-state index contributed by atoms with van der Waals surface area (Å²) in [6, 6.07) is 14.1. The molecular weight excluding hydrogens is 366 g/mol. The number of nitrogens with zero attached hydrogens (tertiary/aromatic N) is 1. The van der Waals surface area contributed by atoms with Gasteiger partial charge in [-0.3, -0.25) is 4.79 Å². The van der Waals surface area contributed by atoms with Crippen molar-refractivity contribution in [2.45, 2.75) is 13.0 Å².